The predicted molar refractivity (Wildman–Crippen MR) is 114 cm³/mol. The molecule has 1 saturated heterocycles. The maximum Gasteiger partial charge on any atom is 0.270 e. The Hall–Kier alpha value is -1.82. The number of halogens is 1. The van der Waals surface area contributed by atoms with Gasteiger partial charge in [-0.2, -0.15) is 0 Å². The Kier molecular flexibility index (Phi) is 6.01. The molecule has 0 bridgehead atoms. The number of thiocarbonyl (C=S) groups is 1. The molecule has 3 rings (SSSR count). The molecule has 0 atom stereocenters. The molecule has 0 radical (unpaired) electrons. The van der Waals surface area contributed by atoms with Crippen molar-refractivity contribution < 1.29 is 9.53 Å². The fourth-order valence-electron chi connectivity index (χ4n) is 2.63. The zero-order valence-electron chi connectivity index (χ0n) is 14.5. The molecule has 2 aromatic rings. The number of rotatable bonds is 5. The molecule has 0 N–H and O–H groups in total. The Labute approximate surface area is 168 Å². The Morgan fingerprint density at radius 3 is 2.58 bits per heavy atom. The number of hydrogen-bond acceptors (Lipinski definition) is 4. The highest BCUT2D eigenvalue weighted by atomic mass is 35.5. The lowest BCUT2D eigenvalue weighted by Gasteiger charge is -2.14. The highest BCUT2D eigenvalue weighted by Crippen LogP contribution is 2.37. The van der Waals surface area contributed by atoms with Gasteiger partial charge in [-0.1, -0.05) is 54.6 Å². The van der Waals surface area contributed by atoms with Gasteiger partial charge in [0.1, 0.15) is 5.75 Å². The van der Waals surface area contributed by atoms with E-state index in [1.54, 1.807) is 23.1 Å². The van der Waals surface area contributed by atoms with E-state index in [2.05, 4.69) is 6.92 Å². The molecule has 0 saturated carbocycles. The molecule has 0 unspecified atom stereocenters. The van der Waals surface area contributed by atoms with E-state index in [1.165, 1.54) is 17.3 Å². The van der Waals surface area contributed by atoms with Crippen LogP contribution in [-0.4, -0.2) is 16.8 Å². The van der Waals surface area contributed by atoms with Crippen LogP contribution in [0.25, 0.3) is 6.08 Å². The van der Waals surface area contributed by atoms with Crippen LogP contribution in [0.4, 0.5) is 5.69 Å². The SMILES string of the molecule is CCOc1ccc(Cl)cc1C=C1SC(=S)N(c2ccc(CC)cc2)C1=O. The number of carbonyl (C=O) groups excluding carboxylic acids is 1. The predicted octanol–water partition coefficient (Wildman–Crippen LogP) is 5.71. The van der Waals surface area contributed by atoms with Gasteiger partial charge in [0.2, 0.25) is 0 Å². The van der Waals surface area contributed by atoms with Crippen LogP contribution in [0, 0.1) is 0 Å². The summed E-state index contributed by atoms with van der Waals surface area (Å²) in [6.07, 6.45) is 2.74. The van der Waals surface area contributed by atoms with Crippen molar-refractivity contribution in [1.82, 2.24) is 0 Å². The Balaban J connectivity index is 1.93. The number of nitrogens with zero attached hydrogens (tertiary/aromatic N) is 1. The summed E-state index contributed by atoms with van der Waals surface area (Å²) >= 11 is 12.8. The average Bonchev–Trinajstić information content (AvgIpc) is 2.91. The van der Waals surface area contributed by atoms with Gasteiger partial charge in [0.05, 0.1) is 17.2 Å². The fraction of sp³-hybridized carbons (Fsp3) is 0.200. The molecule has 0 spiro atoms. The average molecular weight is 404 g/mol. The summed E-state index contributed by atoms with van der Waals surface area (Å²) in [5.41, 5.74) is 2.76. The molecule has 0 aliphatic carbocycles. The molecule has 1 aliphatic heterocycles. The standard InChI is InChI=1S/C20H18ClNO2S2/c1-3-13-5-8-16(9-6-13)22-19(23)18(26-20(22)25)12-14-11-15(21)7-10-17(14)24-4-2/h5-12H,3-4H2,1-2H3. The summed E-state index contributed by atoms with van der Waals surface area (Å²) in [5, 5.41) is 0.588. The lowest BCUT2D eigenvalue weighted by atomic mass is 10.1. The first kappa shape index (κ1) is 19.0. The van der Waals surface area contributed by atoms with Crippen LogP contribution in [0.15, 0.2) is 47.4 Å². The minimum absolute atomic E-state index is 0.133. The maximum absolute atomic E-state index is 12.9. The van der Waals surface area contributed by atoms with Crippen molar-refractivity contribution in [2.24, 2.45) is 0 Å². The van der Waals surface area contributed by atoms with E-state index >= 15 is 0 Å². The number of ether oxygens (including phenoxy) is 1. The Morgan fingerprint density at radius 2 is 1.92 bits per heavy atom. The van der Waals surface area contributed by atoms with Gasteiger partial charge in [-0.3, -0.25) is 9.69 Å². The van der Waals surface area contributed by atoms with Crippen molar-refractivity contribution in [1.29, 1.82) is 0 Å². The highest BCUT2D eigenvalue weighted by Gasteiger charge is 2.33. The van der Waals surface area contributed by atoms with Crippen molar-refractivity contribution in [3.63, 3.8) is 0 Å². The molecule has 1 amide bonds. The third-order valence-electron chi connectivity index (χ3n) is 3.95. The number of hydrogen-bond donors (Lipinski definition) is 0. The van der Waals surface area contributed by atoms with Crippen LogP contribution < -0.4 is 9.64 Å². The largest absolute Gasteiger partial charge is 0.493 e. The first-order valence-electron chi connectivity index (χ1n) is 8.32. The molecular formula is C20H18ClNO2S2. The lowest BCUT2D eigenvalue weighted by molar-refractivity contribution is -0.113. The number of benzene rings is 2. The van der Waals surface area contributed by atoms with E-state index in [-0.39, 0.29) is 5.91 Å². The van der Waals surface area contributed by atoms with E-state index < -0.39 is 0 Å². The zero-order chi connectivity index (χ0) is 18.7. The van der Waals surface area contributed by atoms with Gasteiger partial charge >= 0.3 is 0 Å². The minimum atomic E-state index is -0.133. The van der Waals surface area contributed by atoms with Gasteiger partial charge in [0.25, 0.3) is 5.91 Å². The summed E-state index contributed by atoms with van der Waals surface area (Å²) in [5.74, 6) is 0.557. The summed E-state index contributed by atoms with van der Waals surface area (Å²) in [4.78, 5) is 15.0. The quantitative estimate of drug-likeness (QED) is 0.472. The van der Waals surface area contributed by atoms with Crippen molar-refractivity contribution in [3.8, 4) is 5.75 Å². The molecule has 6 heteroatoms. The number of thioether (sulfide) groups is 1. The second kappa shape index (κ2) is 8.25. The third kappa shape index (κ3) is 3.95. The van der Waals surface area contributed by atoms with Crippen molar-refractivity contribution in [2.45, 2.75) is 20.3 Å². The molecule has 0 aromatic heterocycles. The fourth-order valence-corrected chi connectivity index (χ4v) is 4.10. The summed E-state index contributed by atoms with van der Waals surface area (Å²) < 4.78 is 6.15. The second-order valence-corrected chi connectivity index (χ2v) is 7.76. The van der Waals surface area contributed by atoms with E-state index in [1.807, 2.05) is 37.3 Å². The first-order valence-corrected chi connectivity index (χ1v) is 9.93. The summed E-state index contributed by atoms with van der Waals surface area (Å²) in [7, 11) is 0. The number of anilines is 1. The molecule has 2 aromatic carbocycles. The molecule has 1 heterocycles. The van der Waals surface area contributed by atoms with E-state index in [0.717, 1.165) is 17.7 Å². The van der Waals surface area contributed by atoms with Crippen LogP contribution in [0.1, 0.15) is 25.0 Å². The minimum Gasteiger partial charge on any atom is -0.493 e. The second-order valence-electron chi connectivity index (χ2n) is 5.65. The Bertz CT molecular complexity index is 878. The molecular weight excluding hydrogens is 386 g/mol. The van der Waals surface area contributed by atoms with Crippen LogP contribution in [-0.2, 0) is 11.2 Å². The van der Waals surface area contributed by atoms with E-state index in [0.29, 0.717) is 26.6 Å². The van der Waals surface area contributed by atoms with Gasteiger partial charge in [-0.15, -0.1) is 0 Å². The van der Waals surface area contributed by atoms with Gasteiger partial charge in [-0.05, 0) is 55.3 Å². The molecule has 1 fully saturated rings. The highest BCUT2D eigenvalue weighted by molar-refractivity contribution is 8.27. The lowest BCUT2D eigenvalue weighted by Crippen LogP contribution is -2.27. The van der Waals surface area contributed by atoms with E-state index in [9.17, 15) is 4.79 Å². The topological polar surface area (TPSA) is 29.5 Å². The van der Waals surface area contributed by atoms with Gasteiger partial charge in [0.15, 0.2) is 4.32 Å². The number of amides is 1. The van der Waals surface area contributed by atoms with Crippen LogP contribution in [0.2, 0.25) is 5.02 Å². The van der Waals surface area contributed by atoms with Gasteiger partial charge in [-0.25, -0.2) is 0 Å². The van der Waals surface area contributed by atoms with E-state index in [4.69, 9.17) is 28.6 Å². The first-order chi connectivity index (χ1) is 12.5. The van der Waals surface area contributed by atoms with Crippen molar-refractivity contribution in [2.75, 3.05) is 11.5 Å². The number of carbonyl (C=O) groups is 1. The zero-order valence-corrected chi connectivity index (χ0v) is 16.9. The Morgan fingerprint density at radius 1 is 1.19 bits per heavy atom. The van der Waals surface area contributed by atoms with Crippen LogP contribution in [0.3, 0.4) is 0 Å². The molecule has 3 nitrogen and oxygen atoms in total. The molecule has 1 aliphatic rings. The van der Waals surface area contributed by atoms with Crippen molar-refractivity contribution >= 4 is 57.6 Å². The van der Waals surface area contributed by atoms with Crippen LogP contribution >= 0.6 is 35.6 Å². The number of aryl methyl sites for hydroxylation is 1. The monoisotopic (exact) mass is 403 g/mol. The van der Waals surface area contributed by atoms with Crippen LogP contribution in [0.5, 0.6) is 5.75 Å². The summed E-state index contributed by atoms with van der Waals surface area (Å²) in [6, 6.07) is 13.3. The molecule has 26 heavy (non-hydrogen) atoms. The summed E-state index contributed by atoms with van der Waals surface area (Å²) in [6.45, 7) is 4.54. The normalized spacial score (nSPS) is 15.8. The van der Waals surface area contributed by atoms with Gasteiger partial charge in [0, 0.05) is 10.6 Å². The van der Waals surface area contributed by atoms with Gasteiger partial charge < -0.3 is 4.74 Å². The molecule has 134 valence electrons. The smallest absolute Gasteiger partial charge is 0.270 e. The van der Waals surface area contributed by atoms with Crippen molar-refractivity contribution in [3.05, 3.63) is 63.5 Å². The third-order valence-corrected chi connectivity index (χ3v) is 5.49. The maximum atomic E-state index is 12.9.